The lowest BCUT2D eigenvalue weighted by Gasteiger charge is -2.06. The van der Waals surface area contributed by atoms with Crippen LogP contribution in [0.3, 0.4) is 0 Å². The third kappa shape index (κ3) is 2.07. The molecule has 5 heteroatoms. The summed E-state index contributed by atoms with van der Waals surface area (Å²) in [6.45, 7) is 0. The van der Waals surface area contributed by atoms with Gasteiger partial charge in [0.25, 0.3) is 5.19 Å². The van der Waals surface area contributed by atoms with Gasteiger partial charge in [-0.1, -0.05) is 29.5 Å². The molecule has 0 saturated carbocycles. The zero-order chi connectivity index (χ0) is 12.5. The van der Waals surface area contributed by atoms with Crippen LogP contribution in [0.5, 0.6) is 10.9 Å². The number of para-hydroxylation sites is 2. The molecule has 0 saturated heterocycles. The molecule has 0 aliphatic heterocycles. The summed E-state index contributed by atoms with van der Waals surface area (Å²) in [5.74, 6) is 0.608. The van der Waals surface area contributed by atoms with E-state index in [4.69, 9.17) is 10.5 Å². The number of rotatable bonds is 2. The van der Waals surface area contributed by atoms with Crippen molar-refractivity contribution < 1.29 is 4.74 Å². The molecule has 18 heavy (non-hydrogen) atoms. The van der Waals surface area contributed by atoms with E-state index in [-0.39, 0.29) is 0 Å². The third-order valence-electron chi connectivity index (χ3n) is 2.46. The van der Waals surface area contributed by atoms with Gasteiger partial charge in [0, 0.05) is 0 Å². The zero-order valence-corrected chi connectivity index (χ0v) is 11.7. The highest BCUT2D eigenvalue weighted by Gasteiger charge is 2.10. The molecule has 0 unspecified atom stereocenters. The normalized spacial score (nSPS) is 10.7. The molecule has 0 bridgehead atoms. The van der Waals surface area contributed by atoms with Crippen molar-refractivity contribution in [1.82, 2.24) is 4.98 Å². The Kier molecular flexibility index (Phi) is 2.93. The Morgan fingerprint density at radius 1 is 1.11 bits per heavy atom. The number of nitrogen functional groups attached to an aromatic ring is 1. The van der Waals surface area contributed by atoms with Gasteiger partial charge in [-0.25, -0.2) is 4.98 Å². The molecule has 3 aromatic rings. The second kappa shape index (κ2) is 4.59. The minimum absolute atomic E-state index is 0.587. The molecule has 0 fully saturated rings. The molecular weight excluding hydrogens is 312 g/mol. The lowest BCUT2D eigenvalue weighted by Crippen LogP contribution is -1.92. The van der Waals surface area contributed by atoms with Crippen molar-refractivity contribution in [3.63, 3.8) is 0 Å². The summed E-state index contributed by atoms with van der Waals surface area (Å²) in [6, 6.07) is 13.5. The number of nitrogens with zero attached hydrogens (tertiary/aromatic N) is 1. The molecule has 3 rings (SSSR count). The summed E-state index contributed by atoms with van der Waals surface area (Å²) in [6.07, 6.45) is 0. The van der Waals surface area contributed by atoms with Crippen LogP contribution in [0.25, 0.3) is 10.2 Å². The van der Waals surface area contributed by atoms with E-state index >= 15 is 0 Å². The van der Waals surface area contributed by atoms with Gasteiger partial charge in [0.2, 0.25) is 0 Å². The van der Waals surface area contributed by atoms with E-state index in [0.29, 0.717) is 16.6 Å². The van der Waals surface area contributed by atoms with E-state index in [1.807, 2.05) is 36.4 Å². The van der Waals surface area contributed by atoms with E-state index in [0.717, 1.165) is 14.7 Å². The van der Waals surface area contributed by atoms with E-state index in [1.165, 1.54) is 11.3 Å². The Hall–Kier alpha value is -1.59. The summed E-state index contributed by atoms with van der Waals surface area (Å²) in [4.78, 5) is 4.41. The van der Waals surface area contributed by atoms with Gasteiger partial charge in [-0.2, -0.15) is 0 Å². The van der Waals surface area contributed by atoms with Crippen molar-refractivity contribution in [2.45, 2.75) is 0 Å². The van der Waals surface area contributed by atoms with Crippen LogP contribution < -0.4 is 10.5 Å². The molecule has 0 spiro atoms. The summed E-state index contributed by atoms with van der Waals surface area (Å²) >= 11 is 4.92. The summed E-state index contributed by atoms with van der Waals surface area (Å²) in [7, 11) is 0. The number of ether oxygens (including phenoxy) is 1. The highest BCUT2D eigenvalue weighted by Crippen LogP contribution is 2.37. The highest BCUT2D eigenvalue weighted by atomic mass is 79.9. The number of anilines is 1. The van der Waals surface area contributed by atoms with Gasteiger partial charge in [0.15, 0.2) is 5.75 Å². The van der Waals surface area contributed by atoms with E-state index in [2.05, 4.69) is 20.9 Å². The number of halogens is 1. The number of thiazole rings is 1. The first-order valence-corrected chi connectivity index (χ1v) is 6.92. The number of hydrogen-bond donors (Lipinski definition) is 1. The first kappa shape index (κ1) is 11.5. The Balaban J connectivity index is 2.01. The molecule has 1 aromatic heterocycles. The third-order valence-corrected chi connectivity index (χ3v) is 4.00. The van der Waals surface area contributed by atoms with Crippen LogP contribution in [0.15, 0.2) is 46.9 Å². The van der Waals surface area contributed by atoms with Crippen LogP contribution in [0, 0.1) is 0 Å². The fourth-order valence-electron chi connectivity index (χ4n) is 1.62. The molecular formula is C13H9BrN2OS. The fourth-order valence-corrected chi connectivity index (χ4v) is 2.90. The SMILES string of the molecule is Nc1cccc(Br)c1Oc1nc2ccccc2s1. The number of hydrogen-bond acceptors (Lipinski definition) is 4. The van der Waals surface area contributed by atoms with E-state index in [9.17, 15) is 0 Å². The van der Waals surface area contributed by atoms with Gasteiger partial charge >= 0.3 is 0 Å². The van der Waals surface area contributed by atoms with Crippen LogP contribution in [0.4, 0.5) is 5.69 Å². The second-order valence-electron chi connectivity index (χ2n) is 3.71. The minimum Gasteiger partial charge on any atom is -0.427 e. The van der Waals surface area contributed by atoms with Crippen molar-refractivity contribution in [2.75, 3.05) is 5.73 Å². The van der Waals surface area contributed by atoms with Gasteiger partial charge in [-0.3, -0.25) is 0 Å². The van der Waals surface area contributed by atoms with E-state index < -0.39 is 0 Å². The van der Waals surface area contributed by atoms with Gasteiger partial charge in [-0.15, -0.1) is 0 Å². The maximum atomic E-state index is 5.89. The average molecular weight is 321 g/mol. The van der Waals surface area contributed by atoms with Crippen LogP contribution in [-0.4, -0.2) is 4.98 Å². The van der Waals surface area contributed by atoms with Gasteiger partial charge in [0.1, 0.15) is 0 Å². The van der Waals surface area contributed by atoms with Crippen molar-refractivity contribution in [3.05, 3.63) is 46.9 Å². The molecule has 0 aliphatic rings. The molecule has 0 aliphatic carbocycles. The number of nitrogens with two attached hydrogens (primary N) is 1. The minimum atomic E-state index is 0.587. The molecule has 0 atom stereocenters. The molecule has 1 heterocycles. The first-order valence-electron chi connectivity index (χ1n) is 5.31. The molecule has 3 nitrogen and oxygen atoms in total. The quantitative estimate of drug-likeness (QED) is 0.710. The Morgan fingerprint density at radius 3 is 2.72 bits per heavy atom. The average Bonchev–Trinajstić information content (AvgIpc) is 2.76. The molecule has 2 aromatic carbocycles. The van der Waals surface area contributed by atoms with Crippen molar-refractivity contribution >= 4 is 43.2 Å². The molecule has 0 amide bonds. The highest BCUT2D eigenvalue weighted by molar-refractivity contribution is 9.10. The zero-order valence-electron chi connectivity index (χ0n) is 9.26. The van der Waals surface area contributed by atoms with Crippen LogP contribution >= 0.6 is 27.3 Å². The Morgan fingerprint density at radius 2 is 1.94 bits per heavy atom. The van der Waals surface area contributed by atoms with Crippen molar-refractivity contribution in [3.8, 4) is 10.9 Å². The van der Waals surface area contributed by atoms with Gasteiger partial charge < -0.3 is 10.5 Å². The summed E-state index contributed by atoms with van der Waals surface area (Å²) < 4.78 is 7.68. The summed E-state index contributed by atoms with van der Waals surface area (Å²) in [5.41, 5.74) is 7.41. The fraction of sp³-hybridized carbons (Fsp3) is 0. The van der Waals surface area contributed by atoms with Crippen LogP contribution in [0.2, 0.25) is 0 Å². The number of benzene rings is 2. The summed E-state index contributed by atoms with van der Waals surface area (Å²) in [5, 5.41) is 0.592. The number of aromatic nitrogens is 1. The lowest BCUT2D eigenvalue weighted by molar-refractivity contribution is 0.479. The predicted octanol–water partition coefficient (Wildman–Crippen LogP) is 4.43. The van der Waals surface area contributed by atoms with E-state index in [1.54, 1.807) is 6.07 Å². The van der Waals surface area contributed by atoms with Crippen molar-refractivity contribution in [1.29, 1.82) is 0 Å². The monoisotopic (exact) mass is 320 g/mol. The van der Waals surface area contributed by atoms with Crippen molar-refractivity contribution in [2.24, 2.45) is 0 Å². The van der Waals surface area contributed by atoms with Crippen LogP contribution in [0.1, 0.15) is 0 Å². The second-order valence-corrected chi connectivity index (χ2v) is 5.56. The molecule has 0 radical (unpaired) electrons. The standard InChI is InChI=1S/C13H9BrN2OS/c14-8-4-3-5-9(15)12(8)17-13-16-10-6-1-2-7-11(10)18-13/h1-7H,15H2. The van der Waals surface area contributed by atoms with Crippen LogP contribution in [-0.2, 0) is 0 Å². The predicted molar refractivity (Wildman–Crippen MR) is 78.2 cm³/mol. The number of fused-ring (bicyclic) bond motifs is 1. The Labute approximate surface area is 116 Å². The Bertz CT molecular complexity index is 658. The first-order chi connectivity index (χ1) is 8.74. The molecule has 2 N–H and O–H groups in total. The topological polar surface area (TPSA) is 48.1 Å². The largest absolute Gasteiger partial charge is 0.427 e. The maximum Gasteiger partial charge on any atom is 0.279 e. The maximum absolute atomic E-state index is 5.89. The van der Waals surface area contributed by atoms with Gasteiger partial charge in [-0.05, 0) is 40.2 Å². The van der Waals surface area contributed by atoms with Gasteiger partial charge in [0.05, 0.1) is 20.4 Å². The smallest absolute Gasteiger partial charge is 0.279 e. The lowest BCUT2D eigenvalue weighted by atomic mass is 10.3. The molecule has 90 valence electrons.